The van der Waals surface area contributed by atoms with Crippen molar-refractivity contribution in [2.45, 2.75) is 45.2 Å². The number of hydrogen-bond acceptors (Lipinski definition) is 3. The third-order valence-corrected chi connectivity index (χ3v) is 4.19. The summed E-state index contributed by atoms with van der Waals surface area (Å²) in [6.45, 7) is 7.46. The standard InChI is InChI=1S/C16H25FN2O/c1-12(19-8-4-3-5-9-19)11-18-13(2)15-7-6-14(17)10-16(15)20/h6-7,10,12-13,18,20H,3-5,8-9,11H2,1-2H3. The predicted molar refractivity (Wildman–Crippen MR) is 79.4 cm³/mol. The summed E-state index contributed by atoms with van der Waals surface area (Å²) < 4.78 is 13.0. The lowest BCUT2D eigenvalue weighted by Crippen LogP contribution is -2.43. The van der Waals surface area contributed by atoms with Crippen LogP contribution in [0.2, 0.25) is 0 Å². The van der Waals surface area contributed by atoms with Gasteiger partial charge in [0.15, 0.2) is 0 Å². The lowest BCUT2D eigenvalue weighted by atomic mass is 10.1. The molecule has 0 radical (unpaired) electrons. The van der Waals surface area contributed by atoms with Crippen LogP contribution in [-0.4, -0.2) is 35.7 Å². The number of likely N-dealkylation sites (tertiary alicyclic amines) is 1. The van der Waals surface area contributed by atoms with E-state index < -0.39 is 5.82 Å². The number of nitrogens with zero attached hydrogens (tertiary/aromatic N) is 1. The summed E-state index contributed by atoms with van der Waals surface area (Å²) in [5.41, 5.74) is 0.747. The molecule has 2 unspecified atom stereocenters. The first kappa shape index (κ1) is 15.3. The van der Waals surface area contributed by atoms with Crippen LogP contribution < -0.4 is 5.32 Å². The molecule has 1 heterocycles. The second kappa shape index (κ2) is 7.04. The number of phenolic OH excluding ortho intramolecular Hbond substituents is 1. The van der Waals surface area contributed by atoms with Gasteiger partial charge in [0.05, 0.1) is 0 Å². The molecule has 2 atom stereocenters. The summed E-state index contributed by atoms with van der Waals surface area (Å²) in [5.74, 6) is -0.379. The maximum absolute atomic E-state index is 13.0. The van der Waals surface area contributed by atoms with Gasteiger partial charge in [0, 0.05) is 30.3 Å². The number of phenols is 1. The quantitative estimate of drug-likeness (QED) is 0.870. The Morgan fingerprint density at radius 2 is 1.95 bits per heavy atom. The Hall–Kier alpha value is -1.13. The highest BCUT2D eigenvalue weighted by Crippen LogP contribution is 2.24. The zero-order chi connectivity index (χ0) is 14.5. The smallest absolute Gasteiger partial charge is 0.126 e. The van der Waals surface area contributed by atoms with Crippen molar-refractivity contribution in [3.8, 4) is 5.75 Å². The Bertz CT molecular complexity index is 432. The monoisotopic (exact) mass is 280 g/mol. The van der Waals surface area contributed by atoms with E-state index in [0.29, 0.717) is 6.04 Å². The van der Waals surface area contributed by atoms with E-state index in [1.54, 1.807) is 6.07 Å². The third kappa shape index (κ3) is 3.93. The van der Waals surface area contributed by atoms with E-state index in [-0.39, 0.29) is 11.8 Å². The van der Waals surface area contributed by atoms with Gasteiger partial charge in [-0.25, -0.2) is 4.39 Å². The van der Waals surface area contributed by atoms with E-state index in [0.717, 1.165) is 12.1 Å². The average molecular weight is 280 g/mol. The van der Waals surface area contributed by atoms with Gasteiger partial charge in [-0.2, -0.15) is 0 Å². The minimum absolute atomic E-state index is 0.0165. The molecule has 0 aromatic heterocycles. The molecule has 0 bridgehead atoms. The fraction of sp³-hybridized carbons (Fsp3) is 0.625. The van der Waals surface area contributed by atoms with Crippen LogP contribution in [0.15, 0.2) is 18.2 Å². The molecule has 2 rings (SSSR count). The zero-order valence-electron chi connectivity index (χ0n) is 12.4. The summed E-state index contributed by atoms with van der Waals surface area (Å²) in [7, 11) is 0. The lowest BCUT2D eigenvalue weighted by Gasteiger charge is -2.33. The molecule has 0 saturated carbocycles. The molecule has 1 aromatic rings. The van der Waals surface area contributed by atoms with Crippen molar-refractivity contribution < 1.29 is 9.50 Å². The van der Waals surface area contributed by atoms with Crippen LogP contribution in [0.1, 0.15) is 44.7 Å². The van der Waals surface area contributed by atoms with Crippen molar-refractivity contribution in [2.24, 2.45) is 0 Å². The number of hydrogen-bond donors (Lipinski definition) is 2. The number of piperidine rings is 1. The summed E-state index contributed by atoms with van der Waals surface area (Å²) in [4.78, 5) is 2.51. The molecule has 0 amide bonds. The van der Waals surface area contributed by atoms with Gasteiger partial charge >= 0.3 is 0 Å². The first-order valence-corrected chi connectivity index (χ1v) is 7.54. The minimum atomic E-state index is -0.403. The van der Waals surface area contributed by atoms with Crippen LogP contribution in [-0.2, 0) is 0 Å². The van der Waals surface area contributed by atoms with Crippen LogP contribution in [0.4, 0.5) is 4.39 Å². The molecule has 0 spiro atoms. The van der Waals surface area contributed by atoms with E-state index in [2.05, 4.69) is 17.1 Å². The van der Waals surface area contributed by atoms with Crippen LogP contribution >= 0.6 is 0 Å². The van der Waals surface area contributed by atoms with Crippen LogP contribution in [0.3, 0.4) is 0 Å². The molecule has 1 aromatic carbocycles. The second-order valence-electron chi connectivity index (χ2n) is 5.78. The van der Waals surface area contributed by atoms with Crippen molar-refractivity contribution in [2.75, 3.05) is 19.6 Å². The number of benzene rings is 1. The van der Waals surface area contributed by atoms with E-state index >= 15 is 0 Å². The largest absolute Gasteiger partial charge is 0.508 e. The van der Waals surface area contributed by atoms with Gasteiger partial charge in [-0.15, -0.1) is 0 Å². The highest BCUT2D eigenvalue weighted by Gasteiger charge is 2.18. The molecule has 1 aliphatic rings. The summed E-state index contributed by atoms with van der Waals surface area (Å²) >= 11 is 0. The molecular weight excluding hydrogens is 255 g/mol. The topological polar surface area (TPSA) is 35.5 Å². The normalized spacial score (nSPS) is 19.8. The van der Waals surface area contributed by atoms with E-state index in [1.807, 2.05) is 6.92 Å². The molecule has 4 heteroatoms. The van der Waals surface area contributed by atoms with E-state index in [1.165, 1.54) is 44.5 Å². The Kier molecular flexibility index (Phi) is 5.38. The number of aromatic hydroxyl groups is 1. The molecule has 112 valence electrons. The van der Waals surface area contributed by atoms with Gasteiger partial charge in [0.25, 0.3) is 0 Å². The highest BCUT2D eigenvalue weighted by molar-refractivity contribution is 5.34. The molecule has 3 nitrogen and oxygen atoms in total. The fourth-order valence-electron chi connectivity index (χ4n) is 2.83. The maximum Gasteiger partial charge on any atom is 0.126 e. The zero-order valence-corrected chi connectivity index (χ0v) is 12.4. The van der Waals surface area contributed by atoms with Crippen molar-refractivity contribution in [3.63, 3.8) is 0 Å². The lowest BCUT2D eigenvalue weighted by molar-refractivity contribution is 0.168. The first-order chi connectivity index (χ1) is 9.58. The number of halogens is 1. The van der Waals surface area contributed by atoms with Crippen molar-refractivity contribution in [1.29, 1.82) is 0 Å². The van der Waals surface area contributed by atoms with Gasteiger partial charge < -0.3 is 10.4 Å². The minimum Gasteiger partial charge on any atom is -0.508 e. The molecule has 0 aliphatic carbocycles. The molecule has 1 saturated heterocycles. The van der Waals surface area contributed by atoms with Gasteiger partial charge in [-0.3, -0.25) is 4.90 Å². The Labute approximate surface area is 120 Å². The van der Waals surface area contributed by atoms with Gasteiger partial charge in [-0.05, 0) is 45.8 Å². The SMILES string of the molecule is CC(NCC(C)N1CCCCC1)c1ccc(F)cc1O. The molecular formula is C16H25FN2O. The Balaban J connectivity index is 1.86. The average Bonchev–Trinajstić information content (AvgIpc) is 2.45. The van der Waals surface area contributed by atoms with Crippen molar-refractivity contribution >= 4 is 0 Å². The van der Waals surface area contributed by atoms with Gasteiger partial charge in [-0.1, -0.05) is 12.5 Å². The number of rotatable bonds is 5. The fourth-order valence-corrected chi connectivity index (χ4v) is 2.83. The molecule has 1 fully saturated rings. The maximum atomic E-state index is 13.0. The van der Waals surface area contributed by atoms with Crippen LogP contribution in [0.25, 0.3) is 0 Å². The Morgan fingerprint density at radius 1 is 1.25 bits per heavy atom. The van der Waals surface area contributed by atoms with Crippen LogP contribution in [0, 0.1) is 5.82 Å². The third-order valence-electron chi connectivity index (χ3n) is 4.19. The van der Waals surface area contributed by atoms with Crippen molar-refractivity contribution in [1.82, 2.24) is 10.2 Å². The molecule has 2 N–H and O–H groups in total. The summed E-state index contributed by atoms with van der Waals surface area (Å²) in [6, 6.07) is 4.71. The number of nitrogens with one attached hydrogen (secondary N) is 1. The summed E-state index contributed by atoms with van der Waals surface area (Å²) in [5, 5.41) is 13.2. The van der Waals surface area contributed by atoms with Gasteiger partial charge in [0.1, 0.15) is 11.6 Å². The highest BCUT2D eigenvalue weighted by atomic mass is 19.1. The second-order valence-corrected chi connectivity index (χ2v) is 5.78. The Morgan fingerprint density at radius 3 is 2.60 bits per heavy atom. The van der Waals surface area contributed by atoms with Crippen LogP contribution in [0.5, 0.6) is 5.75 Å². The van der Waals surface area contributed by atoms with Crippen molar-refractivity contribution in [3.05, 3.63) is 29.6 Å². The summed E-state index contributed by atoms with van der Waals surface area (Å²) in [6.07, 6.45) is 3.92. The molecule has 20 heavy (non-hydrogen) atoms. The van der Waals surface area contributed by atoms with Gasteiger partial charge in [0.2, 0.25) is 0 Å². The first-order valence-electron chi connectivity index (χ1n) is 7.54. The van der Waals surface area contributed by atoms with E-state index in [9.17, 15) is 9.50 Å². The predicted octanol–water partition coefficient (Wildman–Crippen LogP) is 3.06. The molecule has 1 aliphatic heterocycles. The van der Waals surface area contributed by atoms with E-state index in [4.69, 9.17) is 0 Å².